The van der Waals surface area contributed by atoms with Crippen LogP contribution in [0, 0.1) is 35.5 Å². The lowest BCUT2D eigenvalue weighted by Crippen LogP contribution is -2.62. The third-order valence-corrected chi connectivity index (χ3v) is 19.3. The molecule has 0 bridgehead atoms. The quantitative estimate of drug-likeness (QED) is 0.0439. The maximum Gasteiger partial charge on any atom is 0.325 e. The first kappa shape index (κ1) is 84.7. The fourth-order valence-corrected chi connectivity index (χ4v) is 12.8. The zero-order valence-corrected chi connectivity index (χ0v) is 60.5. The van der Waals surface area contributed by atoms with Crippen LogP contribution in [-0.2, 0) is 71.7 Å². The van der Waals surface area contributed by atoms with Gasteiger partial charge in [-0.1, -0.05) is 133 Å². The summed E-state index contributed by atoms with van der Waals surface area (Å²) in [5.41, 5.74) is 6.05. The molecule has 3 fully saturated rings. The summed E-state index contributed by atoms with van der Waals surface area (Å²) in [4.78, 5) is 177. The van der Waals surface area contributed by atoms with E-state index in [2.05, 4.69) is 44.1 Å². The van der Waals surface area contributed by atoms with E-state index in [0.29, 0.717) is 38.5 Å². The van der Waals surface area contributed by atoms with Gasteiger partial charge in [-0.05, 0) is 95.3 Å². The highest BCUT2D eigenvalue weighted by Crippen LogP contribution is 2.29. The van der Waals surface area contributed by atoms with Crippen molar-refractivity contribution in [3.05, 3.63) is 0 Å². The van der Waals surface area contributed by atoms with Gasteiger partial charge >= 0.3 is 11.9 Å². The van der Waals surface area contributed by atoms with E-state index >= 15 is 4.79 Å². The molecule has 2 aliphatic heterocycles. The van der Waals surface area contributed by atoms with Crippen LogP contribution in [0.3, 0.4) is 0 Å². The maximum absolute atomic E-state index is 15.2. The SMILES string of the molecule is CCCCCCC[C@H]1OC(=O)CN(C)C(=O)[C@H]([C@H](C)OCC(C)C[C@H]2C(=O)N[C@@H](C3CCCCC3)C(=O)N[C@@H](CN)C(=O)N[C@@H]([C@H](C)O)C(=O)NCC(=O)O[C@H](CCCCCC)[C@@H](C)C(=O)N2C)NC(=O)[C@H](CO)NC(=O)[C@H]([C@H](C)CC)NC(=O)[C@H](CC(C)C)N(C)C(=O)[C@@H]1CC. The molecule has 1 aliphatic carbocycles. The molecule has 1 unspecified atom stereocenters. The molecular weight excluding hydrogens is 1250 g/mol. The third-order valence-electron chi connectivity index (χ3n) is 19.3. The predicted octanol–water partition coefficient (Wildman–Crippen LogP) is 2.40. The third kappa shape index (κ3) is 26.6. The minimum Gasteiger partial charge on any atom is -0.460 e. The lowest BCUT2D eigenvalue weighted by Gasteiger charge is -2.36. The van der Waals surface area contributed by atoms with E-state index in [-0.39, 0.29) is 38.2 Å². The van der Waals surface area contributed by atoms with Gasteiger partial charge in [-0.2, -0.15) is 0 Å². The molecule has 0 spiro atoms. The molecule has 28 nitrogen and oxygen atoms in total. The molecule has 10 amide bonds. The van der Waals surface area contributed by atoms with Gasteiger partial charge in [-0.25, -0.2) is 0 Å². The number of hydrogen-bond donors (Lipinski definition) is 10. The van der Waals surface area contributed by atoms with E-state index < -0.39 is 200 Å². The zero-order valence-electron chi connectivity index (χ0n) is 60.5. The number of carbonyl (C=O) groups is 12. The van der Waals surface area contributed by atoms with E-state index in [1.807, 2.05) is 27.7 Å². The Bertz CT molecular complexity index is 2570. The Hall–Kier alpha value is -6.52. The Morgan fingerprint density at radius 1 is 0.577 bits per heavy atom. The molecule has 11 N–H and O–H groups in total. The smallest absolute Gasteiger partial charge is 0.325 e. The van der Waals surface area contributed by atoms with Crippen LogP contribution in [0.25, 0.3) is 0 Å². The molecule has 97 heavy (non-hydrogen) atoms. The van der Waals surface area contributed by atoms with Crippen molar-refractivity contribution in [3.8, 4) is 0 Å². The normalized spacial score (nSPS) is 28.3. The second kappa shape index (κ2) is 43.1. The van der Waals surface area contributed by atoms with Crippen LogP contribution in [0.15, 0.2) is 0 Å². The number of nitrogens with one attached hydrogen (secondary N) is 7. The van der Waals surface area contributed by atoms with Gasteiger partial charge in [0, 0.05) is 34.3 Å². The highest BCUT2D eigenvalue weighted by molar-refractivity contribution is 5.98. The minimum atomic E-state index is -1.70. The van der Waals surface area contributed by atoms with Crippen LogP contribution in [-0.4, -0.2) is 223 Å². The number of nitrogens with zero attached hydrogens (tertiary/aromatic N) is 3. The summed E-state index contributed by atoms with van der Waals surface area (Å²) in [5, 5.41) is 39.8. The fraction of sp³-hybridized carbons (Fsp3) is 0.826. The number of aliphatic hydroxyl groups is 2. The van der Waals surface area contributed by atoms with Crippen molar-refractivity contribution >= 4 is 71.0 Å². The molecule has 554 valence electrons. The number of esters is 2. The number of hydrogen-bond acceptors (Lipinski definition) is 18. The van der Waals surface area contributed by atoms with Gasteiger partial charge in [0.25, 0.3) is 0 Å². The number of rotatable bonds is 26. The Morgan fingerprint density at radius 2 is 1.11 bits per heavy atom. The van der Waals surface area contributed by atoms with Crippen molar-refractivity contribution in [2.75, 3.05) is 54.0 Å². The number of unbranched alkanes of at least 4 members (excludes halogenated alkanes) is 7. The largest absolute Gasteiger partial charge is 0.460 e. The molecule has 3 rings (SSSR count). The Morgan fingerprint density at radius 3 is 1.69 bits per heavy atom. The fourth-order valence-electron chi connectivity index (χ4n) is 12.8. The summed E-state index contributed by atoms with van der Waals surface area (Å²) in [6, 6.07) is -11.4. The first-order valence-electron chi connectivity index (χ1n) is 35.8. The first-order valence-corrected chi connectivity index (χ1v) is 35.8. The number of likely N-dealkylation sites (N-methyl/N-ethyl adjacent to an activating group) is 3. The number of aliphatic hydroxyl groups excluding tert-OH is 2. The lowest BCUT2D eigenvalue weighted by atomic mass is 9.83. The van der Waals surface area contributed by atoms with Gasteiger partial charge in [0.2, 0.25) is 59.1 Å². The van der Waals surface area contributed by atoms with Crippen molar-refractivity contribution < 1.29 is 82.0 Å². The van der Waals surface area contributed by atoms with Crippen LogP contribution in [0.1, 0.15) is 205 Å². The maximum atomic E-state index is 15.2. The average Bonchev–Trinajstić information content (AvgIpc) is 1.38. The van der Waals surface area contributed by atoms with Crippen LogP contribution >= 0.6 is 0 Å². The molecule has 2 saturated heterocycles. The standard InChI is InChI=1S/C69H121N11O17/c1-15-19-21-23-28-32-53-47(18-4)68(93)80(14)50(33-40(5)6)62(87)74-56(42(8)17-3)65(90)73-49(38-81)61(86)76-58(69(94)78(12)37-55(84)97-53)45(11)95-39-41(7)34-51-63(88)77-59(46-29-25-24-26-30-46)66(91)72-48(35-70)60(85)75-57(44(10)82)64(89)71-36-54(83)96-52(31-27-22-20-16-2)43(9)67(92)79(51)13/h40-53,56-59,81-82H,15-39,70H2,1-14H3,(H,71,89)(H,72,91)(H,73,90)(H,74,87)(H,75,85)(H,76,86)(H,77,88)/t41?,42-,43-,44+,45+,47-,48+,49+,50+,51+,52-,53-,56+,57+,58+,59+/m1/s1. The number of amides is 10. The molecule has 16 atom stereocenters. The molecule has 0 aromatic heterocycles. The van der Waals surface area contributed by atoms with E-state index in [1.54, 1.807) is 27.7 Å². The van der Waals surface area contributed by atoms with Crippen molar-refractivity contribution in [1.29, 1.82) is 0 Å². The van der Waals surface area contributed by atoms with Crippen molar-refractivity contribution in [2.45, 2.75) is 277 Å². The molecule has 28 heteroatoms. The molecule has 1 saturated carbocycles. The number of carbonyl (C=O) groups excluding carboxylic acids is 12. The highest BCUT2D eigenvalue weighted by Gasteiger charge is 2.44. The van der Waals surface area contributed by atoms with E-state index in [9.17, 15) is 63.0 Å². The summed E-state index contributed by atoms with van der Waals surface area (Å²) in [6.45, 7) is 16.1. The van der Waals surface area contributed by atoms with Crippen LogP contribution in [0.2, 0.25) is 0 Å². The van der Waals surface area contributed by atoms with E-state index in [0.717, 1.165) is 69.1 Å². The molecule has 0 aromatic carbocycles. The Labute approximate surface area is 575 Å². The van der Waals surface area contributed by atoms with Crippen LogP contribution in [0.5, 0.6) is 0 Å². The van der Waals surface area contributed by atoms with Crippen LogP contribution in [0.4, 0.5) is 0 Å². The second-order valence-electron chi connectivity index (χ2n) is 27.8. The number of ether oxygens (including phenoxy) is 3. The zero-order chi connectivity index (χ0) is 72.8. The van der Waals surface area contributed by atoms with Gasteiger partial charge in [0.05, 0.1) is 30.7 Å². The molecule has 0 radical (unpaired) electrons. The summed E-state index contributed by atoms with van der Waals surface area (Å²) in [7, 11) is 4.23. The monoisotopic (exact) mass is 1380 g/mol. The Kier molecular flexibility index (Phi) is 37.6. The summed E-state index contributed by atoms with van der Waals surface area (Å²) < 4.78 is 18.5. The van der Waals surface area contributed by atoms with Gasteiger partial charge < -0.3 is 82.1 Å². The molecule has 0 aromatic rings. The van der Waals surface area contributed by atoms with Crippen molar-refractivity contribution in [3.63, 3.8) is 0 Å². The average molecular weight is 1380 g/mol. The first-order chi connectivity index (χ1) is 45.9. The second-order valence-corrected chi connectivity index (χ2v) is 27.8. The van der Waals surface area contributed by atoms with Crippen LogP contribution < -0.4 is 43.0 Å². The topological polar surface area (TPSA) is 393 Å². The van der Waals surface area contributed by atoms with Crippen molar-refractivity contribution in [2.24, 2.45) is 41.2 Å². The van der Waals surface area contributed by atoms with Crippen molar-refractivity contribution in [1.82, 2.24) is 51.9 Å². The minimum absolute atomic E-state index is 0.0957. The molecule has 2 heterocycles. The van der Waals surface area contributed by atoms with Gasteiger partial charge in [0.1, 0.15) is 73.6 Å². The molecular formula is C69H121N11O17. The summed E-state index contributed by atoms with van der Waals surface area (Å²) in [6.07, 6.45) is 6.99. The summed E-state index contributed by atoms with van der Waals surface area (Å²) in [5.74, 6) is -13.4. The Balaban J connectivity index is 2.19. The number of cyclic esters (lactones) is 2. The summed E-state index contributed by atoms with van der Waals surface area (Å²) >= 11 is 0. The predicted molar refractivity (Wildman–Crippen MR) is 363 cm³/mol. The highest BCUT2D eigenvalue weighted by atomic mass is 16.6. The molecule has 3 aliphatic rings. The van der Waals surface area contributed by atoms with E-state index in [1.165, 1.54) is 44.8 Å². The van der Waals surface area contributed by atoms with E-state index in [4.69, 9.17) is 19.9 Å². The van der Waals surface area contributed by atoms with Gasteiger partial charge in [-0.15, -0.1) is 0 Å². The lowest BCUT2D eigenvalue weighted by molar-refractivity contribution is -0.161. The van der Waals surface area contributed by atoms with Gasteiger partial charge in [-0.3, -0.25) is 57.5 Å². The number of nitrogens with two attached hydrogens (primary N) is 1. The van der Waals surface area contributed by atoms with Gasteiger partial charge in [0.15, 0.2) is 0 Å².